The SMILES string of the molecule is CCOc1cc(/C(O)=C2/C(=O)C(=O)N(c3ccc(C#N)cc3)C2c2cccc(OC(C)C)c2)ccc1Cl. The molecule has 188 valence electrons. The molecule has 1 aliphatic heterocycles. The maximum Gasteiger partial charge on any atom is 0.300 e. The lowest BCUT2D eigenvalue weighted by molar-refractivity contribution is -0.132. The molecule has 1 aliphatic rings. The summed E-state index contributed by atoms with van der Waals surface area (Å²) in [6, 6.07) is 19.1. The van der Waals surface area contributed by atoms with Gasteiger partial charge < -0.3 is 14.6 Å². The number of ether oxygens (including phenoxy) is 2. The molecule has 3 aromatic rings. The van der Waals surface area contributed by atoms with Crippen LogP contribution in [0, 0.1) is 11.3 Å². The molecule has 1 fully saturated rings. The summed E-state index contributed by atoms with van der Waals surface area (Å²) < 4.78 is 11.4. The Morgan fingerprint density at radius 1 is 1.11 bits per heavy atom. The summed E-state index contributed by atoms with van der Waals surface area (Å²) >= 11 is 6.21. The number of rotatable bonds is 7. The third kappa shape index (κ3) is 5.16. The minimum absolute atomic E-state index is 0.0826. The summed E-state index contributed by atoms with van der Waals surface area (Å²) in [5, 5.41) is 20.9. The molecule has 0 aliphatic carbocycles. The van der Waals surface area contributed by atoms with Crippen LogP contribution >= 0.6 is 11.6 Å². The van der Waals surface area contributed by atoms with Gasteiger partial charge in [-0.25, -0.2) is 0 Å². The van der Waals surface area contributed by atoms with Crippen LogP contribution in [-0.2, 0) is 9.59 Å². The lowest BCUT2D eigenvalue weighted by Gasteiger charge is -2.26. The molecule has 0 spiro atoms. The first-order chi connectivity index (χ1) is 17.7. The van der Waals surface area contributed by atoms with Gasteiger partial charge in [0.1, 0.15) is 17.3 Å². The van der Waals surface area contributed by atoms with Crippen molar-refractivity contribution in [2.24, 2.45) is 0 Å². The number of nitrogens with zero attached hydrogens (tertiary/aromatic N) is 2. The number of hydrogen-bond donors (Lipinski definition) is 1. The number of amides is 1. The second-order valence-electron chi connectivity index (χ2n) is 8.65. The molecule has 0 aromatic heterocycles. The van der Waals surface area contributed by atoms with Crippen molar-refractivity contribution in [1.82, 2.24) is 0 Å². The van der Waals surface area contributed by atoms with E-state index in [1.807, 2.05) is 19.9 Å². The fourth-order valence-electron chi connectivity index (χ4n) is 4.21. The number of hydrogen-bond acceptors (Lipinski definition) is 6. The van der Waals surface area contributed by atoms with E-state index in [-0.39, 0.29) is 23.0 Å². The molecule has 1 heterocycles. The van der Waals surface area contributed by atoms with Crippen LogP contribution in [0.2, 0.25) is 5.02 Å². The van der Waals surface area contributed by atoms with Crippen molar-refractivity contribution < 1.29 is 24.2 Å². The van der Waals surface area contributed by atoms with Gasteiger partial charge in [-0.15, -0.1) is 0 Å². The first-order valence-corrected chi connectivity index (χ1v) is 12.1. The Labute approximate surface area is 220 Å². The van der Waals surface area contributed by atoms with Crippen LogP contribution in [0.5, 0.6) is 11.5 Å². The number of carbonyl (C=O) groups is 2. The van der Waals surface area contributed by atoms with Crippen LogP contribution in [-0.4, -0.2) is 29.5 Å². The number of aliphatic hydroxyl groups is 1. The highest BCUT2D eigenvalue weighted by Gasteiger charge is 2.47. The highest BCUT2D eigenvalue weighted by atomic mass is 35.5. The zero-order valence-electron chi connectivity index (χ0n) is 20.6. The maximum absolute atomic E-state index is 13.4. The third-order valence-electron chi connectivity index (χ3n) is 5.77. The van der Waals surface area contributed by atoms with Gasteiger partial charge in [-0.05, 0) is 80.9 Å². The van der Waals surface area contributed by atoms with Crippen molar-refractivity contribution in [3.63, 3.8) is 0 Å². The van der Waals surface area contributed by atoms with Crippen LogP contribution in [0.15, 0.2) is 72.3 Å². The average Bonchev–Trinajstić information content (AvgIpc) is 3.15. The summed E-state index contributed by atoms with van der Waals surface area (Å²) in [7, 11) is 0. The molecule has 3 aromatic carbocycles. The van der Waals surface area contributed by atoms with Gasteiger partial charge in [-0.1, -0.05) is 23.7 Å². The Morgan fingerprint density at radius 3 is 2.49 bits per heavy atom. The molecule has 1 atom stereocenters. The molecule has 8 heteroatoms. The summed E-state index contributed by atoms with van der Waals surface area (Å²) in [5.41, 5.74) is 1.59. The number of aliphatic hydroxyl groups excluding tert-OH is 1. The average molecular weight is 517 g/mol. The fraction of sp³-hybridized carbons (Fsp3) is 0.207. The van der Waals surface area contributed by atoms with E-state index in [0.717, 1.165) is 0 Å². The van der Waals surface area contributed by atoms with E-state index in [9.17, 15) is 20.0 Å². The molecule has 0 bridgehead atoms. The van der Waals surface area contributed by atoms with Gasteiger partial charge in [0, 0.05) is 11.3 Å². The van der Waals surface area contributed by atoms with Crippen LogP contribution in [0.3, 0.4) is 0 Å². The van der Waals surface area contributed by atoms with Gasteiger partial charge in [-0.2, -0.15) is 5.26 Å². The Balaban J connectivity index is 1.93. The van der Waals surface area contributed by atoms with Crippen LogP contribution in [0.4, 0.5) is 5.69 Å². The highest BCUT2D eigenvalue weighted by molar-refractivity contribution is 6.51. The summed E-state index contributed by atoms with van der Waals surface area (Å²) in [6.45, 7) is 5.95. The first kappa shape index (κ1) is 25.8. The van der Waals surface area contributed by atoms with Crippen molar-refractivity contribution in [2.75, 3.05) is 11.5 Å². The number of benzene rings is 3. The number of Topliss-reactive ketones (excluding diaryl/α,β-unsaturated/α-hetero) is 1. The van der Waals surface area contributed by atoms with Crippen LogP contribution in [0.25, 0.3) is 5.76 Å². The number of ketones is 1. The monoisotopic (exact) mass is 516 g/mol. The minimum atomic E-state index is -0.949. The summed E-state index contributed by atoms with van der Waals surface area (Å²) in [6.07, 6.45) is -0.0915. The Kier molecular flexibility index (Phi) is 7.51. The molecule has 1 saturated heterocycles. The third-order valence-corrected chi connectivity index (χ3v) is 6.08. The van der Waals surface area contributed by atoms with Gasteiger partial charge in [0.2, 0.25) is 0 Å². The van der Waals surface area contributed by atoms with Crippen molar-refractivity contribution in [2.45, 2.75) is 32.9 Å². The van der Waals surface area contributed by atoms with Crippen molar-refractivity contribution >= 4 is 34.7 Å². The molecule has 4 rings (SSSR count). The van der Waals surface area contributed by atoms with Crippen molar-refractivity contribution in [3.8, 4) is 17.6 Å². The molecule has 1 N–H and O–H groups in total. The van der Waals surface area contributed by atoms with E-state index < -0.39 is 17.7 Å². The summed E-state index contributed by atoms with van der Waals surface area (Å²) in [5.74, 6) is -1.09. The molecular formula is C29H25ClN2O5. The second-order valence-corrected chi connectivity index (χ2v) is 9.05. The first-order valence-electron chi connectivity index (χ1n) is 11.8. The zero-order valence-corrected chi connectivity index (χ0v) is 21.3. The number of halogens is 1. The maximum atomic E-state index is 13.4. The Morgan fingerprint density at radius 2 is 1.84 bits per heavy atom. The summed E-state index contributed by atoms with van der Waals surface area (Å²) in [4.78, 5) is 28.1. The molecule has 7 nitrogen and oxygen atoms in total. The van der Waals surface area contributed by atoms with Crippen molar-refractivity contribution in [3.05, 3.63) is 94.0 Å². The van der Waals surface area contributed by atoms with Crippen molar-refractivity contribution in [1.29, 1.82) is 5.26 Å². The van der Waals surface area contributed by atoms with Crippen LogP contribution in [0.1, 0.15) is 43.5 Å². The second kappa shape index (κ2) is 10.8. The van der Waals surface area contributed by atoms with E-state index in [1.165, 1.54) is 11.0 Å². The molecule has 0 saturated carbocycles. The molecule has 0 radical (unpaired) electrons. The lowest BCUT2D eigenvalue weighted by atomic mass is 9.95. The van der Waals surface area contributed by atoms with E-state index in [1.54, 1.807) is 67.6 Å². The standard InChI is InChI=1S/C29H25ClN2O5/c1-4-36-24-15-20(10-13-23(24)30)27(33)25-26(19-6-5-7-22(14-19)37-17(2)3)32(29(35)28(25)34)21-11-8-18(16-31)9-12-21/h5-15,17,26,33H,4H2,1-3H3/b27-25-. The topological polar surface area (TPSA) is 99.9 Å². The van der Waals surface area contributed by atoms with E-state index in [0.29, 0.717) is 39.9 Å². The highest BCUT2D eigenvalue weighted by Crippen LogP contribution is 2.43. The minimum Gasteiger partial charge on any atom is -0.507 e. The van der Waals surface area contributed by atoms with Gasteiger partial charge in [0.05, 0.1) is 41.0 Å². The van der Waals surface area contributed by atoms with E-state index in [2.05, 4.69) is 0 Å². The molecule has 1 amide bonds. The predicted octanol–water partition coefficient (Wildman–Crippen LogP) is 6.02. The largest absolute Gasteiger partial charge is 0.507 e. The predicted molar refractivity (Wildman–Crippen MR) is 141 cm³/mol. The van der Waals surface area contributed by atoms with Gasteiger partial charge in [0.25, 0.3) is 11.7 Å². The molecule has 1 unspecified atom stereocenters. The fourth-order valence-corrected chi connectivity index (χ4v) is 4.39. The smallest absolute Gasteiger partial charge is 0.300 e. The normalized spacial score (nSPS) is 16.6. The Bertz CT molecular complexity index is 1420. The number of anilines is 1. The van der Waals surface area contributed by atoms with Gasteiger partial charge >= 0.3 is 0 Å². The quantitative estimate of drug-likeness (QED) is 0.234. The van der Waals surface area contributed by atoms with E-state index in [4.69, 9.17) is 21.1 Å². The number of nitriles is 1. The molecule has 37 heavy (non-hydrogen) atoms. The van der Waals surface area contributed by atoms with Crippen LogP contribution < -0.4 is 14.4 Å². The molecular weight excluding hydrogens is 492 g/mol. The zero-order chi connectivity index (χ0) is 26.7. The van der Waals surface area contributed by atoms with Gasteiger partial charge in [-0.3, -0.25) is 14.5 Å². The Hall–Kier alpha value is -4.28. The van der Waals surface area contributed by atoms with Gasteiger partial charge in [0.15, 0.2) is 0 Å². The van der Waals surface area contributed by atoms with E-state index >= 15 is 0 Å². The lowest BCUT2D eigenvalue weighted by Crippen LogP contribution is -2.29. The number of carbonyl (C=O) groups excluding carboxylic acids is 2.